The van der Waals surface area contributed by atoms with Crippen LogP contribution in [0.5, 0.6) is 0 Å². The highest BCUT2D eigenvalue weighted by Gasteiger charge is 2.36. The Morgan fingerprint density at radius 3 is 1.49 bits per heavy atom. The Labute approximate surface area is 368 Å². The zero-order valence-electron chi connectivity index (χ0n) is 35.2. The molecule has 1 aliphatic rings. The molecule has 0 atom stereocenters. The Bertz CT molecular complexity index is 3500. The number of hydrogen-bond acceptors (Lipinski definition) is 2. The molecule has 12 rings (SSSR count). The lowest BCUT2D eigenvalue weighted by Crippen LogP contribution is -2.16. The highest BCUT2D eigenvalue weighted by molar-refractivity contribution is 6.06. The van der Waals surface area contributed by atoms with E-state index in [0.717, 1.165) is 39.0 Å². The molecule has 0 radical (unpaired) electrons. The lowest BCUT2D eigenvalue weighted by Gasteiger charge is -2.28. The minimum atomic E-state index is -0.175. The highest BCUT2D eigenvalue weighted by Crippen LogP contribution is 2.52. The first-order valence-corrected chi connectivity index (χ1v) is 21.8. The maximum Gasteiger partial charge on any atom is 0.135 e. The number of fused-ring (bicyclic) bond motifs is 7. The lowest BCUT2D eigenvalue weighted by atomic mass is 9.81. The molecule has 1 aliphatic carbocycles. The van der Waals surface area contributed by atoms with Crippen molar-refractivity contribution in [3.8, 4) is 55.6 Å². The summed E-state index contributed by atoms with van der Waals surface area (Å²) in [5.41, 5.74) is 20.0. The van der Waals surface area contributed by atoms with Gasteiger partial charge in [-0.3, -0.25) is 0 Å². The molecule has 0 amide bonds. The van der Waals surface area contributed by atoms with E-state index in [2.05, 4.69) is 231 Å². The quantitative estimate of drug-likeness (QED) is 0.160. The summed E-state index contributed by atoms with van der Waals surface area (Å²) in [5.74, 6) is 0. The van der Waals surface area contributed by atoms with Crippen molar-refractivity contribution in [2.75, 3.05) is 4.90 Å². The van der Waals surface area contributed by atoms with E-state index >= 15 is 0 Å². The van der Waals surface area contributed by atoms with E-state index in [4.69, 9.17) is 4.42 Å². The summed E-state index contributed by atoms with van der Waals surface area (Å²) in [6.07, 6.45) is 0. The number of hydrogen-bond donors (Lipinski definition) is 0. The molecule has 0 aliphatic heterocycles. The SMILES string of the molecule is CC1(C)c2cc(-c3ccccc3)ccc2-c2ccc(N(c3ccc(-c4ccc(-c5ccc6oc7ccccc7c6c5)cc4)cc3)c3ccc(-c4ccc5ccccc5c4)cc3)cc21. The van der Waals surface area contributed by atoms with Crippen molar-refractivity contribution in [3.05, 3.63) is 236 Å². The molecule has 11 aromatic rings. The van der Waals surface area contributed by atoms with Crippen LogP contribution in [-0.4, -0.2) is 0 Å². The van der Waals surface area contributed by atoms with Crippen LogP contribution in [-0.2, 0) is 5.41 Å². The summed E-state index contributed by atoms with van der Waals surface area (Å²) < 4.78 is 6.10. The van der Waals surface area contributed by atoms with E-state index in [1.165, 1.54) is 77.5 Å². The average Bonchev–Trinajstić information content (AvgIpc) is 3.83. The smallest absolute Gasteiger partial charge is 0.135 e. The lowest BCUT2D eigenvalue weighted by molar-refractivity contribution is 0.660. The maximum atomic E-state index is 6.10. The molecule has 0 fully saturated rings. The Balaban J connectivity index is 0.899. The molecule has 0 saturated carbocycles. The molecule has 10 aromatic carbocycles. The predicted molar refractivity (Wildman–Crippen MR) is 265 cm³/mol. The monoisotopic (exact) mass is 805 g/mol. The van der Waals surface area contributed by atoms with Crippen molar-refractivity contribution in [1.82, 2.24) is 0 Å². The van der Waals surface area contributed by atoms with Gasteiger partial charge in [-0.25, -0.2) is 0 Å². The third-order valence-electron chi connectivity index (χ3n) is 13.3. The second-order valence-electron chi connectivity index (χ2n) is 17.4. The van der Waals surface area contributed by atoms with Crippen LogP contribution < -0.4 is 4.90 Å². The number of rotatable bonds is 7. The molecule has 298 valence electrons. The number of anilines is 3. The van der Waals surface area contributed by atoms with Gasteiger partial charge in [0.05, 0.1) is 0 Å². The molecule has 0 spiro atoms. The van der Waals surface area contributed by atoms with Crippen LogP contribution in [0.1, 0.15) is 25.0 Å². The normalized spacial score (nSPS) is 12.7. The van der Waals surface area contributed by atoms with Gasteiger partial charge in [0.2, 0.25) is 0 Å². The van der Waals surface area contributed by atoms with Crippen LogP contribution >= 0.6 is 0 Å². The molecule has 0 saturated heterocycles. The Hall–Kier alpha value is -7.94. The van der Waals surface area contributed by atoms with E-state index in [-0.39, 0.29) is 5.41 Å². The summed E-state index contributed by atoms with van der Waals surface area (Å²) in [5, 5.41) is 4.79. The van der Waals surface area contributed by atoms with Gasteiger partial charge in [0.1, 0.15) is 11.2 Å². The topological polar surface area (TPSA) is 16.4 Å². The van der Waals surface area contributed by atoms with Gasteiger partial charge in [0, 0.05) is 33.2 Å². The van der Waals surface area contributed by atoms with Crippen molar-refractivity contribution >= 4 is 49.8 Å². The molecule has 2 heteroatoms. The molecule has 2 nitrogen and oxygen atoms in total. The molecule has 0 unspecified atom stereocenters. The van der Waals surface area contributed by atoms with Gasteiger partial charge in [-0.2, -0.15) is 0 Å². The van der Waals surface area contributed by atoms with Gasteiger partial charge in [0.15, 0.2) is 0 Å². The zero-order valence-corrected chi connectivity index (χ0v) is 35.2. The molecule has 0 N–H and O–H groups in total. The minimum Gasteiger partial charge on any atom is -0.456 e. The third kappa shape index (κ3) is 6.34. The van der Waals surface area contributed by atoms with Crippen molar-refractivity contribution in [1.29, 1.82) is 0 Å². The van der Waals surface area contributed by atoms with Gasteiger partial charge in [-0.15, -0.1) is 0 Å². The van der Waals surface area contributed by atoms with E-state index in [9.17, 15) is 0 Å². The summed E-state index contributed by atoms with van der Waals surface area (Å²) in [4.78, 5) is 2.40. The summed E-state index contributed by atoms with van der Waals surface area (Å²) in [7, 11) is 0. The van der Waals surface area contributed by atoms with Crippen LogP contribution in [0.15, 0.2) is 229 Å². The van der Waals surface area contributed by atoms with Gasteiger partial charge in [0.25, 0.3) is 0 Å². The van der Waals surface area contributed by atoms with Gasteiger partial charge >= 0.3 is 0 Å². The second-order valence-corrected chi connectivity index (χ2v) is 17.4. The van der Waals surface area contributed by atoms with E-state index in [0.29, 0.717) is 0 Å². The first-order chi connectivity index (χ1) is 30.9. The first kappa shape index (κ1) is 36.9. The van der Waals surface area contributed by atoms with Crippen molar-refractivity contribution in [2.24, 2.45) is 0 Å². The third-order valence-corrected chi connectivity index (χ3v) is 13.3. The van der Waals surface area contributed by atoms with Crippen LogP contribution in [0, 0.1) is 0 Å². The number of furan rings is 1. The van der Waals surface area contributed by atoms with Gasteiger partial charge < -0.3 is 9.32 Å². The Morgan fingerprint density at radius 2 is 0.778 bits per heavy atom. The fraction of sp³-hybridized carbons (Fsp3) is 0.0492. The summed E-state index contributed by atoms with van der Waals surface area (Å²) in [6.45, 7) is 4.74. The molecule has 1 heterocycles. The number of benzene rings is 10. The fourth-order valence-corrected chi connectivity index (χ4v) is 9.86. The van der Waals surface area contributed by atoms with E-state index in [1.54, 1.807) is 0 Å². The van der Waals surface area contributed by atoms with Crippen molar-refractivity contribution < 1.29 is 4.42 Å². The van der Waals surface area contributed by atoms with Crippen LogP contribution in [0.3, 0.4) is 0 Å². The Kier molecular flexibility index (Phi) is 8.55. The zero-order chi connectivity index (χ0) is 42.1. The predicted octanol–water partition coefficient (Wildman–Crippen LogP) is 17.2. The Morgan fingerprint density at radius 1 is 0.317 bits per heavy atom. The number of para-hydroxylation sites is 1. The van der Waals surface area contributed by atoms with Crippen molar-refractivity contribution in [3.63, 3.8) is 0 Å². The first-order valence-electron chi connectivity index (χ1n) is 21.8. The highest BCUT2D eigenvalue weighted by atomic mass is 16.3. The second kappa shape index (κ2) is 14.6. The summed E-state index contributed by atoms with van der Waals surface area (Å²) in [6, 6.07) is 81.8. The fourth-order valence-electron chi connectivity index (χ4n) is 9.86. The molecule has 1 aromatic heterocycles. The molecule has 63 heavy (non-hydrogen) atoms. The van der Waals surface area contributed by atoms with Gasteiger partial charge in [-0.05, 0) is 144 Å². The van der Waals surface area contributed by atoms with Crippen LogP contribution in [0.4, 0.5) is 17.1 Å². The molecular weight excluding hydrogens is 763 g/mol. The largest absolute Gasteiger partial charge is 0.456 e. The molecule has 0 bridgehead atoms. The van der Waals surface area contributed by atoms with E-state index in [1.807, 2.05) is 12.1 Å². The average molecular weight is 806 g/mol. The van der Waals surface area contributed by atoms with Crippen molar-refractivity contribution in [2.45, 2.75) is 19.3 Å². The standard InChI is InChI=1S/C61H43NO/c1-61(2)57-38-49(40-10-4-3-5-11-40)26-33-53(57)54-34-32-52(39-58(54)61)62(51-30-24-45(25-31-51)47-21-20-41-12-6-7-13-46(41)36-47)50-28-22-43(23-29-50)42-16-18-44(19-17-42)48-27-35-60-56(37-48)55-14-8-9-15-59(55)63-60/h3-39H,1-2H3. The van der Waals surface area contributed by atoms with Crippen LogP contribution in [0.25, 0.3) is 88.3 Å². The summed E-state index contributed by atoms with van der Waals surface area (Å²) >= 11 is 0. The maximum absolute atomic E-state index is 6.10. The number of nitrogens with zero attached hydrogens (tertiary/aromatic N) is 1. The molecular formula is C61H43NO. The minimum absolute atomic E-state index is 0.175. The van der Waals surface area contributed by atoms with Gasteiger partial charge in [-0.1, -0.05) is 172 Å². The van der Waals surface area contributed by atoms with E-state index < -0.39 is 0 Å². The van der Waals surface area contributed by atoms with Crippen LogP contribution in [0.2, 0.25) is 0 Å².